The lowest BCUT2D eigenvalue weighted by Crippen LogP contribution is -2.35. The van der Waals surface area contributed by atoms with Crippen LogP contribution in [0.25, 0.3) is 0 Å². The SMILES string of the molecule is CN=C(NC)NCCCCOC(C)C.I. The van der Waals surface area contributed by atoms with Gasteiger partial charge in [-0.05, 0) is 26.7 Å². The van der Waals surface area contributed by atoms with Crippen molar-refractivity contribution in [3.05, 3.63) is 0 Å². The van der Waals surface area contributed by atoms with Gasteiger partial charge in [0.1, 0.15) is 0 Å². The normalized spacial score (nSPS) is 11.1. The Morgan fingerprint density at radius 2 is 2.00 bits per heavy atom. The first-order valence-corrected chi connectivity index (χ1v) is 5.20. The van der Waals surface area contributed by atoms with Gasteiger partial charge in [-0.2, -0.15) is 0 Å². The molecular formula is C10H24IN3O. The molecular weight excluding hydrogens is 305 g/mol. The fraction of sp³-hybridized carbons (Fsp3) is 0.900. The molecule has 2 N–H and O–H groups in total. The summed E-state index contributed by atoms with van der Waals surface area (Å²) in [7, 11) is 3.62. The third kappa shape index (κ3) is 11.9. The molecule has 4 nitrogen and oxygen atoms in total. The van der Waals surface area contributed by atoms with Gasteiger partial charge in [-0.25, -0.2) is 0 Å². The summed E-state index contributed by atoms with van der Waals surface area (Å²) in [5.74, 6) is 0.842. The number of rotatable bonds is 6. The fourth-order valence-electron chi connectivity index (χ4n) is 1.03. The van der Waals surface area contributed by atoms with Crippen LogP contribution in [-0.4, -0.2) is 39.3 Å². The van der Waals surface area contributed by atoms with Crippen LogP contribution in [0, 0.1) is 0 Å². The van der Waals surface area contributed by atoms with Gasteiger partial charge in [-0.15, -0.1) is 24.0 Å². The molecule has 0 unspecified atom stereocenters. The Bertz CT molecular complexity index is 163. The van der Waals surface area contributed by atoms with Gasteiger partial charge in [0.15, 0.2) is 5.96 Å². The zero-order valence-electron chi connectivity index (χ0n) is 10.2. The van der Waals surface area contributed by atoms with Gasteiger partial charge in [0.05, 0.1) is 6.10 Å². The van der Waals surface area contributed by atoms with E-state index >= 15 is 0 Å². The van der Waals surface area contributed by atoms with Gasteiger partial charge in [-0.1, -0.05) is 0 Å². The number of nitrogens with zero attached hydrogens (tertiary/aromatic N) is 1. The molecule has 0 saturated carbocycles. The van der Waals surface area contributed by atoms with Crippen molar-refractivity contribution >= 4 is 29.9 Å². The van der Waals surface area contributed by atoms with E-state index in [9.17, 15) is 0 Å². The second-order valence-electron chi connectivity index (χ2n) is 3.38. The summed E-state index contributed by atoms with van der Waals surface area (Å²) in [5.41, 5.74) is 0. The average molecular weight is 329 g/mol. The maximum atomic E-state index is 5.43. The number of guanidine groups is 1. The Kier molecular flexibility index (Phi) is 13.9. The average Bonchev–Trinajstić information content (AvgIpc) is 2.16. The molecule has 0 rings (SSSR count). The highest BCUT2D eigenvalue weighted by Crippen LogP contribution is 1.93. The molecule has 0 saturated heterocycles. The lowest BCUT2D eigenvalue weighted by molar-refractivity contribution is 0.0762. The lowest BCUT2D eigenvalue weighted by Gasteiger charge is -2.09. The Morgan fingerprint density at radius 1 is 1.33 bits per heavy atom. The summed E-state index contributed by atoms with van der Waals surface area (Å²) >= 11 is 0. The van der Waals surface area contributed by atoms with Crippen molar-refractivity contribution in [2.45, 2.75) is 32.8 Å². The highest BCUT2D eigenvalue weighted by Gasteiger charge is 1.94. The summed E-state index contributed by atoms with van der Waals surface area (Å²) in [6.07, 6.45) is 2.53. The van der Waals surface area contributed by atoms with E-state index in [0.717, 1.165) is 32.0 Å². The molecule has 0 amide bonds. The summed E-state index contributed by atoms with van der Waals surface area (Å²) < 4.78 is 5.43. The van der Waals surface area contributed by atoms with Crippen LogP contribution in [0.15, 0.2) is 4.99 Å². The minimum atomic E-state index is 0. The maximum absolute atomic E-state index is 5.43. The Labute approximate surface area is 110 Å². The summed E-state index contributed by atoms with van der Waals surface area (Å²) in [6, 6.07) is 0. The van der Waals surface area contributed by atoms with Crippen LogP contribution in [0.5, 0.6) is 0 Å². The standard InChI is InChI=1S/C10H23N3O.HI/c1-9(2)14-8-6-5-7-13-10(11-3)12-4;/h9H,5-8H2,1-4H3,(H2,11,12,13);1H. The maximum Gasteiger partial charge on any atom is 0.190 e. The number of hydrogen-bond acceptors (Lipinski definition) is 2. The highest BCUT2D eigenvalue weighted by atomic mass is 127. The number of nitrogens with one attached hydrogen (secondary N) is 2. The molecule has 0 radical (unpaired) electrons. The molecule has 0 spiro atoms. The van der Waals surface area contributed by atoms with Crippen LogP contribution in [0.3, 0.4) is 0 Å². The molecule has 0 aliphatic rings. The number of ether oxygens (including phenoxy) is 1. The molecule has 5 heteroatoms. The molecule has 0 heterocycles. The Hall–Kier alpha value is -0.0400. The molecule has 0 aromatic heterocycles. The second kappa shape index (κ2) is 12.0. The molecule has 15 heavy (non-hydrogen) atoms. The van der Waals surface area contributed by atoms with Gasteiger partial charge in [-0.3, -0.25) is 4.99 Å². The summed E-state index contributed by atoms with van der Waals surface area (Å²) in [6.45, 7) is 5.90. The van der Waals surface area contributed by atoms with E-state index in [-0.39, 0.29) is 24.0 Å². The van der Waals surface area contributed by atoms with Crippen molar-refractivity contribution in [2.75, 3.05) is 27.2 Å². The van der Waals surface area contributed by atoms with E-state index in [1.54, 1.807) is 7.05 Å². The summed E-state index contributed by atoms with van der Waals surface area (Å²) in [5, 5.41) is 6.16. The molecule has 0 aromatic carbocycles. The number of unbranched alkanes of at least 4 members (excludes halogenated alkanes) is 1. The molecule has 0 atom stereocenters. The molecule has 0 bridgehead atoms. The predicted octanol–water partition coefficient (Wildman–Crippen LogP) is 1.60. The van der Waals surface area contributed by atoms with Crippen LogP contribution >= 0.6 is 24.0 Å². The van der Waals surface area contributed by atoms with Crippen LogP contribution in [-0.2, 0) is 4.74 Å². The number of halogens is 1. The van der Waals surface area contributed by atoms with Crippen molar-refractivity contribution in [1.82, 2.24) is 10.6 Å². The van der Waals surface area contributed by atoms with Gasteiger partial charge < -0.3 is 15.4 Å². The van der Waals surface area contributed by atoms with E-state index in [1.807, 2.05) is 7.05 Å². The molecule has 92 valence electrons. The quantitative estimate of drug-likeness (QED) is 0.337. The van der Waals surface area contributed by atoms with Crippen molar-refractivity contribution in [2.24, 2.45) is 4.99 Å². The second-order valence-corrected chi connectivity index (χ2v) is 3.38. The van der Waals surface area contributed by atoms with Gasteiger partial charge >= 0.3 is 0 Å². The first kappa shape index (κ1) is 17.4. The smallest absolute Gasteiger partial charge is 0.190 e. The van der Waals surface area contributed by atoms with E-state index in [0.29, 0.717) is 6.10 Å². The Morgan fingerprint density at radius 3 is 2.47 bits per heavy atom. The molecule has 0 fully saturated rings. The minimum absolute atomic E-state index is 0. The topological polar surface area (TPSA) is 45.7 Å². The van der Waals surface area contributed by atoms with Crippen LogP contribution < -0.4 is 10.6 Å². The summed E-state index contributed by atoms with van der Waals surface area (Å²) in [4.78, 5) is 4.02. The van der Waals surface area contributed by atoms with Crippen LogP contribution in [0.4, 0.5) is 0 Å². The zero-order chi connectivity index (χ0) is 10.8. The van der Waals surface area contributed by atoms with E-state index in [4.69, 9.17) is 4.74 Å². The van der Waals surface area contributed by atoms with E-state index in [1.165, 1.54) is 0 Å². The Balaban J connectivity index is 0. The molecule has 0 aromatic rings. The van der Waals surface area contributed by atoms with E-state index in [2.05, 4.69) is 29.5 Å². The minimum Gasteiger partial charge on any atom is -0.379 e. The first-order chi connectivity index (χ1) is 6.70. The largest absolute Gasteiger partial charge is 0.379 e. The predicted molar refractivity (Wildman–Crippen MR) is 76.2 cm³/mol. The number of hydrogen-bond donors (Lipinski definition) is 2. The van der Waals surface area contributed by atoms with E-state index < -0.39 is 0 Å². The van der Waals surface area contributed by atoms with Crippen LogP contribution in [0.2, 0.25) is 0 Å². The van der Waals surface area contributed by atoms with Crippen molar-refractivity contribution in [3.8, 4) is 0 Å². The molecule has 0 aliphatic heterocycles. The van der Waals surface area contributed by atoms with Crippen molar-refractivity contribution in [3.63, 3.8) is 0 Å². The third-order valence-corrected chi connectivity index (χ3v) is 1.78. The zero-order valence-corrected chi connectivity index (χ0v) is 12.5. The highest BCUT2D eigenvalue weighted by molar-refractivity contribution is 14.0. The monoisotopic (exact) mass is 329 g/mol. The van der Waals surface area contributed by atoms with Crippen molar-refractivity contribution < 1.29 is 4.74 Å². The number of aliphatic imine (C=N–C) groups is 1. The third-order valence-electron chi connectivity index (χ3n) is 1.78. The fourth-order valence-corrected chi connectivity index (χ4v) is 1.03. The first-order valence-electron chi connectivity index (χ1n) is 5.20. The van der Waals surface area contributed by atoms with Gasteiger partial charge in [0, 0.05) is 27.2 Å². The lowest BCUT2D eigenvalue weighted by atomic mass is 10.3. The van der Waals surface area contributed by atoms with Crippen LogP contribution in [0.1, 0.15) is 26.7 Å². The van der Waals surface area contributed by atoms with Gasteiger partial charge in [0.25, 0.3) is 0 Å². The van der Waals surface area contributed by atoms with Crippen molar-refractivity contribution in [1.29, 1.82) is 0 Å². The molecule has 0 aliphatic carbocycles. The van der Waals surface area contributed by atoms with Gasteiger partial charge in [0.2, 0.25) is 0 Å².